The van der Waals surface area contributed by atoms with Gasteiger partial charge in [-0.25, -0.2) is 0 Å². The Kier molecular flexibility index (Phi) is 14.5. The lowest BCUT2D eigenvalue weighted by molar-refractivity contribution is -0.120. The molecule has 0 aromatic heterocycles. The SMILES string of the molecule is C1CCCCC1.CCOc1ccc(CCNC(=O)Cc2ccc(OC(C)C)c(OC(C)C)c2)cc1OCC. The summed E-state index contributed by atoms with van der Waals surface area (Å²) in [6.07, 6.45) is 10.1. The van der Waals surface area contributed by atoms with E-state index in [1.807, 2.05) is 77.9 Å². The number of hydrogen-bond donors (Lipinski definition) is 1. The summed E-state index contributed by atoms with van der Waals surface area (Å²) < 4.78 is 23.0. The van der Waals surface area contributed by atoms with Crippen LogP contribution in [0.2, 0.25) is 0 Å². The van der Waals surface area contributed by atoms with Crippen LogP contribution in [0.25, 0.3) is 0 Å². The zero-order valence-electron chi connectivity index (χ0n) is 24.4. The fraction of sp³-hybridized carbons (Fsp3) is 0.594. The van der Waals surface area contributed by atoms with Crippen LogP contribution in [0.4, 0.5) is 0 Å². The van der Waals surface area contributed by atoms with Crippen LogP contribution < -0.4 is 24.3 Å². The lowest BCUT2D eigenvalue weighted by Crippen LogP contribution is -2.27. The van der Waals surface area contributed by atoms with Gasteiger partial charge in [-0.2, -0.15) is 0 Å². The van der Waals surface area contributed by atoms with Gasteiger partial charge < -0.3 is 24.3 Å². The van der Waals surface area contributed by atoms with Crippen LogP contribution in [-0.2, 0) is 17.6 Å². The van der Waals surface area contributed by atoms with Crippen molar-refractivity contribution in [2.45, 2.75) is 105 Å². The molecular weight excluding hydrogens is 478 g/mol. The first-order chi connectivity index (χ1) is 18.3. The molecule has 0 atom stereocenters. The quantitative estimate of drug-likeness (QED) is 0.296. The molecule has 1 fully saturated rings. The molecule has 38 heavy (non-hydrogen) atoms. The number of amides is 1. The molecule has 6 heteroatoms. The van der Waals surface area contributed by atoms with Gasteiger partial charge in [0.25, 0.3) is 0 Å². The van der Waals surface area contributed by atoms with E-state index in [9.17, 15) is 4.79 Å². The highest BCUT2D eigenvalue weighted by Gasteiger charge is 2.12. The molecule has 1 saturated carbocycles. The lowest BCUT2D eigenvalue weighted by Gasteiger charge is -2.18. The van der Waals surface area contributed by atoms with Crippen LogP contribution in [0.3, 0.4) is 0 Å². The number of carbonyl (C=O) groups excluding carboxylic acids is 1. The summed E-state index contributed by atoms with van der Waals surface area (Å²) in [5, 5.41) is 2.99. The molecular formula is C32H49NO5. The van der Waals surface area contributed by atoms with Crippen molar-refractivity contribution in [3.8, 4) is 23.0 Å². The van der Waals surface area contributed by atoms with Crippen molar-refractivity contribution < 1.29 is 23.7 Å². The van der Waals surface area contributed by atoms with Crippen LogP contribution in [0, 0.1) is 0 Å². The number of hydrogen-bond acceptors (Lipinski definition) is 5. The predicted octanol–water partition coefficient (Wildman–Crippen LogP) is 7.30. The Morgan fingerprint density at radius 3 is 1.79 bits per heavy atom. The molecule has 0 heterocycles. The molecule has 1 aliphatic carbocycles. The highest BCUT2D eigenvalue weighted by atomic mass is 16.5. The van der Waals surface area contributed by atoms with Crippen molar-refractivity contribution in [1.29, 1.82) is 0 Å². The van der Waals surface area contributed by atoms with E-state index in [-0.39, 0.29) is 24.5 Å². The summed E-state index contributed by atoms with van der Waals surface area (Å²) >= 11 is 0. The summed E-state index contributed by atoms with van der Waals surface area (Å²) in [6, 6.07) is 11.6. The second-order valence-electron chi connectivity index (χ2n) is 10.2. The van der Waals surface area contributed by atoms with Gasteiger partial charge in [0.2, 0.25) is 5.91 Å². The number of carbonyl (C=O) groups is 1. The van der Waals surface area contributed by atoms with Gasteiger partial charge in [0.1, 0.15) is 0 Å². The molecule has 6 nitrogen and oxygen atoms in total. The number of rotatable bonds is 13. The summed E-state index contributed by atoms with van der Waals surface area (Å²) in [7, 11) is 0. The Bertz CT molecular complexity index is 941. The van der Waals surface area contributed by atoms with Crippen molar-refractivity contribution >= 4 is 5.91 Å². The first-order valence-electron chi connectivity index (χ1n) is 14.4. The molecule has 0 spiro atoms. The largest absolute Gasteiger partial charge is 0.490 e. The molecule has 212 valence electrons. The van der Waals surface area contributed by atoms with Crippen molar-refractivity contribution in [2.24, 2.45) is 0 Å². The maximum absolute atomic E-state index is 12.5. The highest BCUT2D eigenvalue weighted by molar-refractivity contribution is 5.78. The Morgan fingerprint density at radius 1 is 0.711 bits per heavy atom. The molecule has 3 rings (SSSR count). The van der Waals surface area contributed by atoms with Gasteiger partial charge in [-0.15, -0.1) is 0 Å². The second kappa shape index (κ2) is 17.6. The molecule has 2 aromatic carbocycles. The van der Waals surface area contributed by atoms with Crippen molar-refractivity contribution in [1.82, 2.24) is 5.32 Å². The molecule has 0 saturated heterocycles. The van der Waals surface area contributed by atoms with Crippen molar-refractivity contribution in [3.05, 3.63) is 47.5 Å². The average molecular weight is 528 g/mol. The van der Waals surface area contributed by atoms with Gasteiger partial charge in [-0.3, -0.25) is 4.79 Å². The third-order valence-electron chi connectivity index (χ3n) is 5.94. The zero-order valence-corrected chi connectivity index (χ0v) is 24.4. The maximum Gasteiger partial charge on any atom is 0.224 e. The Balaban J connectivity index is 0.000000739. The van der Waals surface area contributed by atoms with Crippen molar-refractivity contribution in [2.75, 3.05) is 19.8 Å². The Hall–Kier alpha value is -2.89. The number of benzene rings is 2. The zero-order chi connectivity index (χ0) is 27.8. The maximum atomic E-state index is 12.5. The third kappa shape index (κ3) is 12.1. The summed E-state index contributed by atoms with van der Waals surface area (Å²) in [5.74, 6) is 2.80. The van der Waals surface area contributed by atoms with Crippen LogP contribution in [0.1, 0.15) is 91.2 Å². The molecule has 0 bridgehead atoms. The first kappa shape index (κ1) is 31.3. The highest BCUT2D eigenvalue weighted by Crippen LogP contribution is 2.31. The van der Waals surface area contributed by atoms with E-state index < -0.39 is 0 Å². The molecule has 1 N–H and O–H groups in total. The molecule has 1 amide bonds. The van der Waals surface area contributed by atoms with Crippen LogP contribution >= 0.6 is 0 Å². The van der Waals surface area contributed by atoms with E-state index in [2.05, 4.69) is 5.32 Å². The molecule has 1 aliphatic rings. The minimum atomic E-state index is -0.0333. The second-order valence-corrected chi connectivity index (χ2v) is 10.2. The van der Waals surface area contributed by atoms with Crippen molar-refractivity contribution in [3.63, 3.8) is 0 Å². The standard InChI is InChI=1S/C26H37NO5.C6H12/c1-7-29-22-11-9-20(15-24(22)30-8-2)13-14-27-26(28)17-21-10-12-23(31-18(3)4)25(16-21)32-19(5)6;1-2-4-6-5-3-1/h9-12,15-16,18-19H,7-8,13-14,17H2,1-6H3,(H,27,28);1-6H2. The minimum absolute atomic E-state index is 0.0179. The Morgan fingerprint density at radius 2 is 1.21 bits per heavy atom. The topological polar surface area (TPSA) is 66.0 Å². The third-order valence-corrected chi connectivity index (χ3v) is 5.94. The Labute approximate surface area is 230 Å². The number of nitrogens with one attached hydrogen (secondary N) is 1. The van der Waals surface area contributed by atoms with Gasteiger partial charge in [0, 0.05) is 6.54 Å². The van der Waals surface area contributed by atoms with E-state index in [1.54, 1.807) is 0 Å². The van der Waals surface area contributed by atoms with Gasteiger partial charge in [0.15, 0.2) is 23.0 Å². The minimum Gasteiger partial charge on any atom is -0.490 e. The van der Waals surface area contributed by atoms with E-state index in [0.717, 1.165) is 22.6 Å². The normalized spacial score (nSPS) is 12.9. The van der Waals surface area contributed by atoms with Crippen LogP contribution in [-0.4, -0.2) is 37.9 Å². The monoisotopic (exact) mass is 527 g/mol. The molecule has 0 radical (unpaired) electrons. The van der Waals surface area contributed by atoms with Gasteiger partial charge in [-0.05, 0) is 83.4 Å². The fourth-order valence-corrected chi connectivity index (χ4v) is 4.27. The summed E-state index contributed by atoms with van der Waals surface area (Å²) in [4.78, 5) is 12.5. The van der Waals surface area contributed by atoms with E-state index >= 15 is 0 Å². The molecule has 2 aromatic rings. The first-order valence-corrected chi connectivity index (χ1v) is 14.4. The average Bonchev–Trinajstić information content (AvgIpc) is 2.88. The number of ether oxygens (including phenoxy) is 4. The van der Waals surface area contributed by atoms with Gasteiger partial charge >= 0.3 is 0 Å². The van der Waals surface area contributed by atoms with Crippen LogP contribution in [0.15, 0.2) is 36.4 Å². The molecule has 0 unspecified atom stereocenters. The lowest BCUT2D eigenvalue weighted by atomic mass is 10.0. The van der Waals surface area contributed by atoms with Gasteiger partial charge in [0.05, 0.1) is 31.8 Å². The van der Waals surface area contributed by atoms with E-state index in [1.165, 1.54) is 38.5 Å². The molecule has 0 aliphatic heterocycles. The predicted molar refractivity (Wildman–Crippen MR) is 155 cm³/mol. The van der Waals surface area contributed by atoms with Gasteiger partial charge in [-0.1, -0.05) is 50.7 Å². The summed E-state index contributed by atoms with van der Waals surface area (Å²) in [6.45, 7) is 13.5. The smallest absolute Gasteiger partial charge is 0.224 e. The van der Waals surface area contributed by atoms with E-state index in [0.29, 0.717) is 37.7 Å². The van der Waals surface area contributed by atoms with E-state index in [4.69, 9.17) is 18.9 Å². The van der Waals surface area contributed by atoms with Crippen LogP contribution in [0.5, 0.6) is 23.0 Å². The fourth-order valence-electron chi connectivity index (χ4n) is 4.27. The summed E-state index contributed by atoms with van der Waals surface area (Å²) in [5.41, 5.74) is 1.97.